The number of hydrogen-bond acceptors (Lipinski definition) is 4. The number of ether oxygens (including phenoxy) is 3. The van der Waals surface area contributed by atoms with Gasteiger partial charge in [0.2, 0.25) is 5.75 Å². The molecule has 0 aliphatic rings. The number of para-hydroxylation sites is 1. The topological polar surface area (TPSA) is 72.6 Å². The first kappa shape index (κ1) is 26.5. The summed E-state index contributed by atoms with van der Waals surface area (Å²) in [5.74, 6) is 1.60. The molecular weight excluding hydrogens is 440 g/mol. The van der Waals surface area contributed by atoms with Crippen molar-refractivity contribution in [2.24, 2.45) is 0 Å². The highest BCUT2D eigenvalue weighted by molar-refractivity contribution is 5.95. The molecule has 6 heteroatoms. The van der Waals surface area contributed by atoms with Crippen LogP contribution in [0.4, 0.5) is 0 Å². The van der Waals surface area contributed by atoms with Crippen molar-refractivity contribution in [3.8, 4) is 17.2 Å². The Labute approximate surface area is 209 Å². The second-order valence-electron chi connectivity index (χ2n) is 8.77. The number of aromatic nitrogens is 1. The second kappa shape index (κ2) is 14.3. The van der Waals surface area contributed by atoms with Gasteiger partial charge in [0.1, 0.15) is 0 Å². The van der Waals surface area contributed by atoms with Gasteiger partial charge in [0.15, 0.2) is 11.5 Å². The van der Waals surface area contributed by atoms with Crippen LogP contribution in [0.25, 0.3) is 10.9 Å². The Balaban J connectivity index is 1.76. The molecule has 0 spiro atoms. The van der Waals surface area contributed by atoms with Crippen molar-refractivity contribution in [1.29, 1.82) is 0 Å². The molecule has 0 aliphatic heterocycles. The molecular formula is C29H40N2O4. The zero-order chi connectivity index (χ0) is 24.9. The smallest absolute Gasteiger partial charge is 0.251 e. The van der Waals surface area contributed by atoms with Crippen LogP contribution >= 0.6 is 0 Å². The molecule has 1 amide bonds. The van der Waals surface area contributed by atoms with E-state index in [0.717, 1.165) is 50.5 Å². The van der Waals surface area contributed by atoms with E-state index in [2.05, 4.69) is 43.2 Å². The summed E-state index contributed by atoms with van der Waals surface area (Å²) in [4.78, 5) is 16.4. The maximum absolute atomic E-state index is 13.1. The van der Waals surface area contributed by atoms with Gasteiger partial charge in [0, 0.05) is 29.2 Å². The minimum absolute atomic E-state index is 0.148. The highest BCUT2D eigenvalue weighted by atomic mass is 16.5. The lowest BCUT2D eigenvalue weighted by Gasteiger charge is -2.18. The van der Waals surface area contributed by atoms with Crippen LogP contribution in [0.5, 0.6) is 17.2 Å². The molecule has 1 heterocycles. The first-order valence-corrected chi connectivity index (χ1v) is 13.1. The predicted octanol–water partition coefficient (Wildman–Crippen LogP) is 6.68. The van der Waals surface area contributed by atoms with Gasteiger partial charge in [-0.1, -0.05) is 58.2 Å². The fourth-order valence-electron chi connectivity index (χ4n) is 3.79. The van der Waals surface area contributed by atoms with E-state index in [-0.39, 0.29) is 5.91 Å². The van der Waals surface area contributed by atoms with E-state index in [9.17, 15) is 4.79 Å². The second-order valence-corrected chi connectivity index (χ2v) is 8.77. The first-order chi connectivity index (χ1) is 17.2. The van der Waals surface area contributed by atoms with Gasteiger partial charge in [0.05, 0.1) is 19.8 Å². The van der Waals surface area contributed by atoms with Crippen molar-refractivity contribution in [2.45, 2.75) is 65.7 Å². The molecule has 3 aromatic rings. The van der Waals surface area contributed by atoms with E-state index in [1.807, 2.05) is 18.3 Å². The molecule has 190 valence electrons. The molecule has 0 fully saturated rings. The maximum Gasteiger partial charge on any atom is 0.251 e. The van der Waals surface area contributed by atoms with Gasteiger partial charge in [-0.2, -0.15) is 0 Å². The van der Waals surface area contributed by atoms with E-state index in [4.69, 9.17) is 14.2 Å². The molecule has 0 saturated carbocycles. The SMILES string of the molecule is CCCCOc1cc(C(=O)NCCc2c[nH]c3ccccc23)cc(OCCCC)c1OCCCC. The normalized spacial score (nSPS) is 10.9. The minimum atomic E-state index is -0.148. The number of unbranched alkanes of at least 4 members (excludes halogenated alkanes) is 3. The molecule has 0 atom stereocenters. The van der Waals surface area contributed by atoms with Crippen LogP contribution in [0.3, 0.4) is 0 Å². The Bertz CT molecular complexity index is 1030. The molecule has 6 nitrogen and oxygen atoms in total. The third kappa shape index (κ3) is 7.67. The van der Waals surface area contributed by atoms with Crippen LogP contribution in [0.15, 0.2) is 42.6 Å². The fraction of sp³-hybridized carbons (Fsp3) is 0.483. The van der Waals surface area contributed by atoms with Crippen LogP contribution < -0.4 is 19.5 Å². The highest BCUT2D eigenvalue weighted by Crippen LogP contribution is 2.39. The summed E-state index contributed by atoms with van der Waals surface area (Å²) in [6.07, 6.45) is 8.66. The van der Waals surface area contributed by atoms with Gasteiger partial charge in [-0.3, -0.25) is 4.79 Å². The monoisotopic (exact) mass is 480 g/mol. The zero-order valence-electron chi connectivity index (χ0n) is 21.5. The van der Waals surface area contributed by atoms with Crippen LogP contribution in [0.2, 0.25) is 0 Å². The number of rotatable bonds is 16. The molecule has 2 aromatic carbocycles. The van der Waals surface area contributed by atoms with Crippen LogP contribution in [-0.4, -0.2) is 37.3 Å². The van der Waals surface area contributed by atoms with Gasteiger partial charge < -0.3 is 24.5 Å². The Morgan fingerprint density at radius 3 is 2.09 bits per heavy atom. The number of nitrogens with one attached hydrogen (secondary N) is 2. The molecule has 0 radical (unpaired) electrons. The van der Waals surface area contributed by atoms with E-state index in [1.165, 1.54) is 10.9 Å². The van der Waals surface area contributed by atoms with Crippen molar-refractivity contribution in [2.75, 3.05) is 26.4 Å². The Hall–Kier alpha value is -3.15. The lowest BCUT2D eigenvalue weighted by atomic mass is 10.1. The summed E-state index contributed by atoms with van der Waals surface area (Å²) in [5.41, 5.74) is 2.81. The number of amides is 1. The number of hydrogen-bond donors (Lipinski definition) is 2. The zero-order valence-corrected chi connectivity index (χ0v) is 21.5. The number of benzene rings is 2. The van der Waals surface area contributed by atoms with Crippen molar-refractivity contribution in [3.63, 3.8) is 0 Å². The van der Waals surface area contributed by atoms with Gasteiger partial charge in [-0.25, -0.2) is 0 Å². The molecule has 0 unspecified atom stereocenters. The highest BCUT2D eigenvalue weighted by Gasteiger charge is 2.19. The molecule has 3 rings (SSSR count). The van der Waals surface area contributed by atoms with E-state index in [1.54, 1.807) is 12.1 Å². The van der Waals surface area contributed by atoms with Gasteiger partial charge in [-0.05, 0) is 49.4 Å². The van der Waals surface area contributed by atoms with E-state index in [0.29, 0.717) is 49.2 Å². The summed E-state index contributed by atoms with van der Waals surface area (Å²) in [7, 11) is 0. The summed E-state index contributed by atoms with van der Waals surface area (Å²) >= 11 is 0. The molecule has 0 bridgehead atoms. The average Bonchev–Trinajstić information content (AvgIpc) is 3.28. The molecule has 1 aromatic heterocycles. The minimum Gasteiger partial charge on any atom is -0.490 e. The van der Waals surface area contributed by atoms with Gasteiger partial charge >= 0.3 is 0 Å². The third-order valence-corrected chi connectivity index (χ3v) is 5.89. The quantitative estimate of drug-likeness (QED) is 0.224. The van der Waals surface area contributed by atoms with E-state index >= 15 is 0 Å². The lowest BCUT2D eigenvalue weighted by molar-refractivity contribution is 0.0953. The number of fused-ring (bicyclic) bond motifs is 1. The summed E-state index contributed by atoms with van der Waals surface area (Å²) < 4.78 is 18.2. The van der Waals surface area contributed by atoms with Crippen LogP contribution in [0.1, 0.15) is 75.2 Å². The molecule has 0 saturated heterocycles. The summed E-state index contributed by atoms with van der Waals surface area (Å²) in [6, 6.07) is 11.8. The number of H-pyrrole nitrogens is 1. The predicted molar refractivity (Wildman–Crippen MR) is 142 cm³/mol. The van der Waals surface area contributed by atoms with Gasteiger partial charge in [-0.15, -0.1) is 0 Å². The molecule has 35 heavy (non-hydrogen) atoms. The summed E-state index contributed by atoms with van der Waals surface area (Å²) in [5, 5.41) is 4.25. The Morgan fingerprint density at radius 1 is 0.857 bits per heavy atom. The van der Waals surface area contributed by atoms with Crippen LogP contribution in [-0.2, 0) is 6.42 Å². The van der Waals surface area contributed by atoms with Crippen LogP contribution in [0, 0.1) is 0 Å². The average molecular weight is 481 g/mol. The number of aromatic amines is 1. The van der Waals surface area contributed by atoms with E-state index < -0.39 is 0 Å². The van der Waals surface area contributed by atoms with Crippen molar-refractivity contribution < 1.29 is 19.0 Å². The van der Waals surface area contributed by atoms with Gasteiger partial charge in [0.25, 0.3) is 5.91 Å². The molecule has 0 aliphatic carbocycles. The van der Waals surface area contributed by atoms with Crippen molar-refractivity contribution in [1.82, 2.24) is 10.3 Å². The maximum atomic E-state index is 13.1. The molecule has 2 N–H and O–H groups in total. The standard InChI is InChI=1S/C29H40N2O4/c1-4-7-16-33-26-19-23(20-27(34-17-8-5-2)28(26)35-18-9-6-3)29(32)30-15-14-22-21-31-25-13-11-10-12-24(22)25/h10-13,19-21,31H,4-9,14-18H2,1-3H3,(H,30,32). The number of carbonyl (C=O) groups excluding carboxylic acids is 1. The Morgan fingerprint density at radius 2 is 1.46 bits per heavy atom. The fourth-order valence-corrected chi connectivity index (χ4v) is 3.79. The largest absolute Gasteiger partial charge is 0.490 e. The Kier molecular flexibility index (Phi) is 10.8. The number of carbonyl (C=O) groups is 1. The first-order valence-electron chi connectivity index (χ1n) is 13.1. The summed E-state index contributed by atoms with van der Waals surface area (Å²) in [6.45, 7) is 8.64. The van der Waals surface area contributed by atoms with Crippen molar-refractivity contribution in [3.05, 3.63) is 53.7 Å². The van der Waals surface area contributed by atoms with Crippen molar-refractivity contribution >= 4 is 16.8 Å². The lowest BCUT2D eigenvalue weighted by Crippen LogP contribution is -2.25. The third-order valence-electron chi connectivity index (χ3n) is 5.89.